The molecule has 0 spiro atoms. The molecule has 0 aliphatic heterocycles. The van der Waals surface area contributed by atoms with Gasteiger partial charge in [-0.25, -0.2) is 0 Å². The minimum Gasteiger partial charge on any atom is -0.323 e. The molecule has 1 unspecified atom stereocenters. The van der Waals surface area contributed by atoms with Crippen LogP contribution in [0.4, 0.5) is 0 Å². The molecule has 1 aromatic carbocycles. The first-order valence-electron chi connectivity index (χ1n) is 5.73. The normalized spacial score (nSPS) is 12.7. The zero-order chi connectivity index (χ0) is 12.4. The molecule has 0 saturated heterocycles. The molecule has 3 heteroatoms. The summed E-state index contributed by atoms with van der Waals surface area (Å²) in [4.78, 5) is 2.54. The number of halogens is 1. The summed E-state index contributed by atoms with van der Waals surface area (Å²) in [6.07, 6.45) is 0.981. The van der Waals surface area contributed by atoms with Crippen molar-refractivity contribution in [2.75, 3.05) is 0 Å². The summed E-state index contributed by atoms with van der Waals surface area (Å²) < 4.78 is 1.14. The van der Waals surface area contributed by atoms with Crippen LogP contribution >= 0.6 is 27.3 Å². The van der Waals surface area contributed by atoms with E-state index < -0.39 is 0 Å². The fourth-order valence-electron chi connectivity index (χ4n) is 1.73. The van der Waals surface area contributed by atoms with Crippen LogP contribution in [0.5, 0.6) is 0 Å². The SMILES string of the molecule is CCC(N)c1ccc(-c2cc(C)ccc2Br)s1. The topological polar surface area (TPSA) is 26.0 Å². The van der Waals surface area contributed by atoms with E-state index in [0.29, 0.717) is 0 Å². The maximum Gasteiger partial charge on any atom is 0.0387 e. The molecule has 0 aliphatic rings. The first-order valence-corrected chi connectivity index (χ1v) is 7.34. The average Bonchev–Trinajstić information content (AvgIpc) is 2.80. The lowest BCUT2D eigenvalue weighted by Crippen LogP contribution is -2.05. The van der Waals surface area contributed by atoms with Crippen LogP contribution in [0, 0.1) is 6.92 Å². The Morgan fingerprint density at radius 2 is 2.06 bits per heavy atom. The van der Waals surface area contributed by atoms with E-state index in [4.69, 9.17) is 5.73 Å². The van der Waals surface area contributed by atoms with Crippen LogP contribution in [-0.2, 0) is 0 Å². The molecule has 1 heterocycles. The Morgan fingerprint density at radius 3 is 2.76 bits per heavy atom. The molecule has 0 radical (unpaired) electrons. The third-order valence-corrected chi connectivity index (χ3v) is 4.76. The molecule has 2 aromatic rings. The zero-order valence-corrected chi connectivity index (χ0v) is 12.4. The highest BCUT2D eigenvalue weighted by atomic mass is 79.9. The molecule has 2 rings (SSSR count). The van der Waals surface area contributed by atoms with Gasteiger partial charge in [-0.05, 0) is 37.6 Å². The number of aryl methyl sites for hydroxylation is 1. The van der Waals surface area contributed by atoms with Crippen molar-refractivity contribution in [1.82, 2.24) is 0 Å². The number of nitrogens with two attached hydrogens (primary N) is 1. The molecule has 2 N–H and O–H groups in total. The van der Waals surface area contributed by atoms with Crippen molar-refractivity contribution >= 4 is 27.3 Å². The highest BCUT2D eigenvalue weighted by Gasteiger charge is 2.10. The minimum absolute atomic E-state index is 0.164. The van der Waals surface area contributed by atoms with Crippen LogP contribution in [0.25, 0.3) is 10.4 Å². The van der Waals surface area contributed by atoms with Crippen molar-refractivity contribution in [1.29, 1.82) is 0 Å². The molecule has 1 atom stereocenters. The van der Waals surface area contributed by atoms with Crippen molar-refractivity contribution in [3.8, 4) is 10.4 Å². The van der Waals surface area contributed by atoms with Crippen molar-refractivity contribution in [3.63, 3.8) is 0 Å². The van der Waals surface area contributed by atoms with Gasteiger partial charge in [0.25, 0.3) is 0 Å². The summed E-state index contributed by atoms with van der Waals surface area (Å²) in [5.74, 6) is 0. The summed E-state index contributed by atoms with van der Waals surface area (Å²) in [5, 5.41) is 0. The van der Waals surface area contributed by atoms with E-state index in [1.807, 2.05) is 0 Å². The highest BCUT2D eigenvalue weighted by Crippen LogP contribution is 2.36. The largest absolute Gasteiger partial charge is 0.323 e. The second-order valence-electron chi connectivity index (χ2n) is 4.20. The molecule has 0 fully saturated rings. The van der Waals surface area contributed by atoms with Gasteiger partial charge in [0.15, 0.2) is 0 Å². The first kappa shape index (κ1) is 12.8. The van der Waals surface area contributed by atoms with Gasteiger partial charge in [0.1, 0.15) is 0 Å². The quantitative estimate of drug-likeness (QED) is 0.857. The molecule has 0 aliphatic carbocycles. The van der Waals surface area contributed by atoms with E-state index in [-0.39, 0.29) is 6.04 Å². The number of thiophene rings is 1. The molecular weight excluding hydrogens is 294 g/mol. The van der Waals surface area contributed by atoms with Gasteiger partial charge in [0.2, 0.25) is 0 Å². The van der Waals surface area contributed by atoms with Gasteiger partial charge < -0.3 is 5.73 Å². The summed E-state index contributed by atoms with van der Waals surface area (Å²) in [6.45, 7) is 4.23. The van der Waals surface area contributed by atoms with E-state index >= 15 is 0 Å². The molecule has 90 valence electrons. The maximum atomic E-state index is 6.05. The number of hydrogen-bond donors (Lipinski definition) is 1. The predicted molar refractivity (Wildman–Crippen MR) is 79.4 cm³/mol. The molecule has 0 amide bonds. The van der Waals surface area contributed by atoms with Gasteiger partial charge in [-0.15, -0.1) is 11.3 Å². The van der Waals surface area contributed by atoms with Gasteiger partial charge >= 0.3 is 0 Å². The van der Waals surface area contributed by atoms with Crippen LogP contribution in [0.3, 0.4) is 0 Å². The van der Waals surface area contributed by atoms with E-state index in [2.05, 4.69) is 60.1 Å². The Kier molecular flexibility index (Phi) is 4.02. The van der Waals surface area contributed by atoms with Crippen LogP contribution < -0.4 is 5.73 Å². The van der Waals surface area contributed by atoms with Crippen LogP contribution in [0.1, 0.15) is 29.8 Å². The maximum absolute atomic E-state index is 6.05. The Labute approximate surface area is 115 Å². The number of benzene rings is 1. The summed E-state index contributed by atoms with van der Waals surface area (Å²) >= 11 is 5.39. The van der Waals surface area contributed by atoms with Crippen molar-refractivity contribution in [2.24, 2.45) is 5.73 Å². The van der Waals surface area contributed by atoms with Gasteiger partial charge in [-0.3, -0.25) is 0 Å². The lowest BCUT2D eigenvalue weighted by Gasteiger charge is -2.05. The average molecular weight is 310 g/mol. The van der Waals surface area contributed by atoms with Gasteiger partial charge in [-0.1, -0.05) is 34.5 Å². The summed E-state index contributed by atoms with van der Waals surface area (Å²) in [6, 6.07) is 10.9. The van der Waals surface area contributed by atoms with Gasteiger partial charge in [0.05, 0.1) is 0 Å². The van der Waals surface area contributed by atoms with Crippen molar-refractivity contribution < 1.29 is 0 Å². The second kappa shape index (κ2) is 5.34. The van der Waals surface area contributed by atoms with Crippen LogP contribution in [-0.4, -0.2) is 0 Å². The molecule has 1 aromatic heterocycles. The molecule has 17 heavy (non-hydrogen) atoms. The third kappa shape index (κ3) is 2.79. The summed E-state index contributed by atoms with van der Waals surface area (Å²) in [7, 11) is 0. The highest BCUT2D eigenvalue weighted by molar-refractivity contribution is 9.10. The van der Waals surface area contributed by atoms with Gasteiger partial charge in [-0.2, -0.15) is 0 Å². The monoisotopic (exact) mass is 309 g/mol. The predicted octanol–water partition coefficient (Wildman–Crippen LogP) is 4.90. The van der Waals surface area contributed by atoms with Crippen LogP contribution in [0.2, 0.25) is 0 Å². The Morgan fingerprint density at radius 1 is 1.29 bits per heavy atom. The van der Waals surface area contributed by atoms with E-state index in [1.54, 1.807) is 11.3 Å². The lowest BCUT2D eigenvalue weighted by molar-refractivity contribution is 0.712. The van der Waals surface area contributed by atoms with Crippen LogP contribution in [0.15, 0.2) is 34.8 Å². The molecule has 1 nitrogen and oxygen atoms in total. The van der Waals surface area contributed by atoms with E-state index in [1.165, 1.54) is 20.9 Å². The van der Waals surface area contributed by atoms with Crippen molar-refractivity contribution in [2.45, 2.75) is 26.3 Å². The minimum atomic E-state index is 0.164. The fourth-order valence-corrected chi connectivity index (χ4v) is 3.44. The molecule has 0 saturated carbocycles. The van der Waals surface area contributed by atoms with E-state index in [0.717, 1.165) is 10.9 Å². The molecule has 0 bridgehead atoms. The lowest BCUT2D eigenvalue weighted by atomic mass is 10.1. The standard InChI is InChI=1S/C14H16BrNS/c1-3-12(16)14-7-6-13(17-14)10-8-9(2)4-5-11(10)15/h4-8,12H,3,16H2,1-2H3. The zero-order valence-electron chi connectivity index (χ0n) is 10.0. The Bertz CT molecular complexity index is 519. The Hall–Kier alpha value is -0.640. The van der Waals surface area contributed by atoms with Crippen molar-refractivity contribution in [3.05, 3.63) is 45.2 Å². The first-order chi connectivity index (χ1) is 8.11. The molecular formula is C14H16BrNS. The number of hydrogen-bond acceptors (Lipinski definition) is 2. The number of rotatable bonds is 3. The smallest absolute Gasteiger partial charge is 0.0387 e. The van der Waals surface area contributed by atoms with E-state index in [9.17, 15) is 0 Å². The second-order valence-corrected chi connectivity index (χ2v) is 6.17. The Balaban J connectivity index is 2.40. The fraction of sp³-hybridized carbons (Fsp3) is 0.286. The summed E-state index contributed by atoms with van der Waals surface area (Å²) in [5.41, 5.74) is 8.58. The van der Waals surface area contributed by atoms with Gasteiger partial charge in [0, 0.05) is 25.8 Å². The third-order valence-electron chi connectivity index (χ3n) is 2.82.